The zero-order chi connectivity index (χ0) is 14.2. The lowest BCUT2D eigenvalue weighted by atomic mass is 10.1. The first-order chi connectivity index (χ1) is 8.81. The molecule has 2 heterocycles. The molecule has 0 bridgehead atoms. The van der Waals surface area contributed by atoms with Gasteiger partial charge in [-0.2, -0.15) is 0 Å². The fraction of sp³-hybridized carbons (Fsp3) is 0.615. The molecule has 0 radical (unpaired) electrons. The molecule has 106 valence electrons. The molecule has 1 fully saturated rings. The lowest BCUT2D eigenvalue weighted by molar-refractivity contribution is 0.0755. The molecule has 19 heavy (non-hydrogen) atoms. The van der Waals surface area contributed by atoms with Gasteiger partial charge in [-0.25, -0.2) is 0 Å². The molecule has 1 aliphatic rings. The van der Waals surface area contributed by atoms with Crippen molar-refractivity contribution in [2.75, 3.05) is 18.8 Å². The molecule has 1 saturated heterocycles. The standard InChI is InChI=1S/C13H19ClN2O2S/c1-13(2)4-5-16(6-7-19(13)18)12(17)11-8-10(14)9-15(11)3/h8-9H,4-7H2,1-3H3. The molecule has 0 saturated carbocycles. The Kier molecular flexibility index (Phi) is 4.06. The molecule has 1 amide bonds. The van der Waals surface area contributed by atoms with Crippen molar-refractivity contribution < 1.29 is 9.00 Å². The van der Waals surface area contributed by atoms with E-state index in [4.69, 9.17) is 11.6 Å². The number of amides is 1. The average molecular weight is 303 g/mol. The largest absolute Gasteiger partial charge is 0.345 e. The summed E-state index contributed by atoms with van der Waals surface area (Å²) in [6.07, 6.45) is 2.47. The SMILES string of the molecule is Cn1cc(Cl)cc1C(=O)N1CCS(=O)C(C)(C)CC1. The molecule has 6 heteroatoms. The van der Waals surface area contributed by atoms with Crippen LogP contribution < -0.4 is 0 Å². The van der Waals surface area contributed by atoms with Gasteiger partial charge in [-0.1, -0.05) is 11.6 Å². The number of halogens is 1. The highest BCUT2D eigenvalue weighted by molar-refractivity contribution is 7.86. The third-order valence-electron chi connectivity index (χ3n) is 3.62. The Bertz CT molecular complexity index is 525. The van der Waals surface area contributed by atoms with Crippen LogP contribution in [0.2, 0.25) is 5.02 Å². The Morgan fingerprint density at radius 3 is 2.68 bits per heavy atom. The van der Waals surface area contributed by atoms with Crippen LogP contribution in [0.25, 0.3) is 0 Å². The van der Waals surface area contributed by atoms with Crippen LogP contribution in [0.1, 0.15) is 30.8 Å². The predicted molar refractivity (Wildman–Crippen MR) is 78.0 cm³/mol. The number of rotatable bonds is 1. The second-order valence-corrected chi connectivity index (χ2v) is 8.15. The van der Waals surface area contributed by atoms with Crippen LogP contribution in [0.15, 0.2) is 12.3 Å². The van der Waals surface area contributed by atoms with Crippen molar-refractivity contribution in [3.8, 4) is 0 Å². The zero-order valence-electron chi connectivity index (χ0n) is 11.5. The quantitative estimate of drug-likeness (QED) is 0.797. The molecule has 1 aromatic rings. The van der Waals surface area contributed by atoms with Crippen molar-refractivity contribution in [3.63, 3.8) is 0 Å². The molecule has 1 aromatic heterocycles. The topological polar surface area (TPSA) is 42.3 Å². The number of aromatic nitrogens is 1. The summed E-state index contributed by atoms with van der Waals surface area (Å²) in [5.74, 6) is 0.501. The fourth-order valence-electron chi connectivity index (χ4n) is 2.20. The first-order valence-electron chi connectivity index (χ1n) is 6.31. The van der Waals surface area contributed by atoms with E-state index in [1.54, 1.807) is 28.8 Å². The lowest BCUT2D eigenvalue weighted by Gasteiger charge is -2.22. The van der Waals surface area contributed by atoms with Crippen molar-refractivity contribution in [2.24, 2.45) is 7.05 Å². The maximum absolute atomic E-state index is 12.5. The first-order valence-corrected chi connectivity index (χ1v) is 8.00. The van der Waals surface area contributed by atoms with Gasteiger partial charge < -0.3 is 9.47 Å². The van der Waals surface area contributed by atoms with Gasteiger partial charge in [0.05, 0.1) is 5.02 Å². The van der Waals surface area contributed by atoms with Gasteiger partial charge in [0.1, 0.15) is 5.69 Å². The highest BCUT2D eigenvalue weighted by Crippen LogP contribution is 2.23. The van der Waals surface area contributed by atoms with Gasteiger partial charge in [0.15, 0.2) is 0 Å². The molecule has 0 aromatic carbocycles. The molecule has 1 aliphatic heterocycles. The van der Waals surface area contributed by atoms with E-state index in [1.165, 1.54) is 0 Å². The van der Waals surface area contributed by atoms with Crippen molar-refractivity contribution in [3.05, 3.63) is 23.0 Å². The summed E-state index contributed by atoms with van der Waals surface area (Å²) in [4.78, 5) is 14.2. The van der Waals surface area contributed by atoms with E-state index < -0.39 is 10.8 Å². The van der Waals surface area contributed by atoms with Gasteiger partial charge in [-0.05, 0) is 26.3 Å². The first kappa shape index (κ1) is 14.6. The van der Waals surface area contributed by atoms with Gasteiger partial charge in [-0.15, -0.1) is 0 Å². The molecule has 0 aliphatic carbocycles. The van der Waals surface area contributed by atoms with Crippen molar-refractivity contribution in [1.82, 2.24) is 9.47 Å². The number of carbonyl (C=O) groups excluding carboxylic acids is 1. The van der Waals surface area contributed by atoms with Gasteiger partial charge in [-0.3, -0.25) is 9.00 Å². The molecule has 2 rings (SSSR count). The summed E-state index contributed by atoms with van der Waals surface area (Å²) in [6.45, 7) is 5.17. The van der Waals surface area contributed by atoms with Gasteiger partial charge in [0.2, 0.25) is 0 Å². The summed E-state index contributed by atoms with van der Waals surface area (Å²) in [5, 5.41) is 0.560. The maximum Gasteiger partial charge on any atom is 0.270 e. The second kappa shape index (κ2) is 5.29. The van der Waals surface area contributed by atoms with Crippen LogP contribution in [0.4, 0.5) is 0 Å². The number of hydrogen-bond acceptors (Lipinski definition) is 2. The van der Waals surface area contributed by atoms with E-state index in [2.05, 4.69) is 0 Å². The molecular weight excluding hydrogens is 284 g/mol. The smallest absolute Gasteiger partial charge is 0.270 e. The van der Waals surface area contributed by atoms with Gasteiger partial charge in [0, 0.05) is 47.6 Å². The predicted octanol–water partition coefficient (Wildman–Crippen LogP) is 2.05. The molecule has 1 atom stereocenters. The van der Waals surface area contributed by atoms with Crippen LogP contribution in [0, 0.1) is 0 Å². The van der Waals surface area contributed by atoms with Crippen LogP contribution in [0.5, 0.6) is 0 Å². The Labute approximate surface area is 121 Å². The monoisotopic (exact) mass is 302 g/mol. The van der Waals surface area contributed by atoms with E-state index in [0.717, 1.165) is 6.42 Å². The van der Waals surface area contributed by atoms with Crippen molar-refractivity contribution in [1.29, 1.82) is 0 Å². The Morgan fingerprint density at radius 1 is 1.42 bits per heavy atom. The van der Waals surface area contributed by atoms with Crippen LogP contribution >= 0.6 is 11.6 Å². The number of nitrogens with zero attached hydrogens (tertiary/aromatic N) is 2. The van der Waals surface area contributed by atoms with E-state index in [1.807, 2.05) is 13.8 Å². The highest BCUT2D eigenvalue weighted by Gasteiger charge is 2.32. The fourth-order valence-corrected chi connectivity index (χ4v) is 3.71. The Morgan fingerprint density at radius 2 is 2.11 bits per heavy atom. The van der Waals surface area contributed by atoms with Crippen molar-refractivity contribution >= 4 is 28.3 Å². The second-order valence-electron chi connectivity index (χ2n) is 5.51. The van der Waals surface area contributed by atoms with Crippen molar-refractivity contribution in [2.45, 2.75) is 25.0 Å². The average Bonchev–Trinajstić information content (AvgIpc) is 2.60. The summed E-state index contributed by atoms with van der Waals surface area (Å²) < 4.78 is 13.6. The highest BCUT2D eigenvalue weighted by atomic mass is 35.5. The summed E-state index contributed by atoms with van der Waals surface area (Å²) >= 11 is 5.91. The van der Waals surface area contributed by atoms with Crippen LogP contribution in [0.3, 0.4) is 0 Å². The third-order valence-corrected chi connectivity index (χ3v) is 5.82. The van der Waals surface area contributed by atoms with E-state index in [-0.39, 0.29) is 10.7 Å². The molecule has 0 spiro atoms. The molecule has 4 nitrogen and oxygen atoms in total. The molecule has 0 N–H and O–H groups in total. The summed E-state index contributed by atoms with van der Waals surface area (Å²) in [6, 6.07) is 1.68. The maximum atomic E-state index is 12.5. The molecular formula is C13H19ClN2O2S. The van der Waals surface area contributed by atoms with Crippen LogP contribution in [-0.4, -0.2) is 43.2 Å². The zero-order valence-corrected chi connectivity index (χ0v) is 13.1. The normalized spacial score (nSPS) is 23.2. The minimum Gasteiger partial charge on any atom is -0.345 e. The number of aryl methyl sites for hydroxylation is 1. The molecule has 1 unspecified atom stereocenters. The van der Waals surface area contributed by atoms with Crippen LogP contribution in [-0.2, 0) is 17.8 Å². The van der Waals surface area contributed by atoms with E-state index >= 15 is 0 Å². The Hall–Kier alpha value is -0.810. The summed E-state index contributed by atoms with van der Waals surface area (Å²) in [5.41, 5.74) is 0.579. The van der Waals surface area contributed by atoms with Gasteiger partial charge in [0.25, 0.3) is 5.91 Å². The number of carbonyl (C=O) groups is 1. The van der Waals surface area contributed by atoms with Gasteiger partial charge >= 0.3 is 0 Å². The van der Waals surface area contributed by atoms with E-state index in [0.29, 0.717) is 29.6 Å². The minimum absolute atomic E-state index is 0.0379. The number of hydrogen-bond donors (Lipinski definition) is 0. The third kappa shape index (κ3) is 3.03. The lowest BCUT2D eigenvalue weighted by Crippen LogP contribution is -2.34. The van der Waals surface area contributed by atoms with E-state index in [9.17, 15) is 9.00 Å². The Balaban J connectivity index is 2.17. The summed E-state index contributed by atoms with van der Waals surface area (Å²) in [7, 11) is 0.916. The minimum atomic E-state index is -0.888.